The molecule has 0 saturated heterocycles. The van der Waals surface area contributed by atoms with Gasteiger partial charge in [-0.2, -0.15) is 0 Å². The monoisotopic (exact) mass is 597 g/mol. The molecule has 3 unspecified atom stereocenters. The molecule has 0 saturated carbocycles. The molecule has 0 spiro atoms. The van der Waals surface area contributed by atoms with Crippen molar-refractivity contribution in [2.75, 3.05) is 33.0 Å². The average molecular weight is 597 g/mol. The van der Waals surface area contributed by atoms with E-state index in [9.17, 15) is 14.4 Å². The lowest BCUT2D eigenvalue weighted by Crippen LogP contribution is -2.38. The molecular weight excluding hydrogens is 512 g/mol. The first-order chi connectivity index (χ1) is 13.2. The standard InChI is InChI=1S/C20H36O8.12CH4/c1-5-7-10-28-19(25)20(4,13-15(3)17(23)26-11-8-21)14-16(6-2)18(24)27-12-9-22;;;;;;;;;;;;/h15-16,21-22H,5-14H2,1-4H3;12*1H4. The number of ether oxygens (including phenoxy) is 3. The molecule has 8 nitrogen and oxygen atoms in total. The Morgan fingerprint density at radius 3 is 1.40 bits per heavy atom. The van der Waals surface area contributed by atoms with E-state index in [1.54, 1.807) is 13.8 Å². The summed E-state index contributed by atoms with van der Waals surface area (Å²) >= 11 is 0. The van der Waals surface area contributed by atoms with Crippen LogP contribution in [-0.2, 0) is 28.6 Å². The molecule has 0 rings (SSSR count). The molecule has 260 valence electrons. The van der Waals surface area contributed by atoms with E-state index in [0.717, 1.165) is 12.8 Å². The Morgan fingerprint density at radius 2 is 1.05 bits per heavy atom. The Hall–Kier alpha value is -1.67. The zero-order chi connectivity index (χ0) is 21.6. The summed E-state index contributed by atoms with van der Waals surface area (Å²) in [7, 11) is 0. The van der Waals surface area contributed by atoms with Gasteiger partial charge < -0.3 is 24.4 Å². The number of aliphatic hydroxyl groups excluding tert-OH is 2. The van der Waals surface area contributed by atoms with Crippen LogP contribution in [-0.4, -0.2) is 61.2 Å². The molecule has 0 aromatic carbocycles. The van der Waals surface area contributed by atoms with E-state index in [0.29, 0.717) is 6.42 Å². The molecule has 0 bridgehead atoms. The highest BCUT2D eigenvalue weighted by Gasteiger charge is 2.41. The minimum Gasteiger partial charge on any atom is -0.465 e. The van der Waals surface area contributed by atoms with Crippen LogP contribution in [0.25, 0.3) is 0 Å². The van der Waals surface area contributed by atoms with Gasteiger partial charge in [0, 0.05) is 0 Å². The maximum atomic E-state index is 12.8. The maximum Gasteiger partial charge on any atom is 0.311 e. The lowest BCUT2D eigenvalue weighted by Gasteiger charge is -2.32. The lowest BCUT2D eigenvalue weighted by molar-refractivity contribution is -0.162. The van der Waals surface area contributed by atoms with Crippen LogP contribution in [0.5, 0.6) is 0 Å². The van der Waals surface area contributed by atoms with Crippen molar-refractivity contribution in [3.63, 3.8) is 0 Å². The molecule has 0 aliphatic rings. The number of carbonyl (C=O) groups is 3. The molecule has 0 aliphatic heterocycles. The van der Waals surface area contributed by atoms with Gasteiger partial charge in [0.1, 0.15) is 13.2 Å². The zero-order valence-corrected chi connectivity index (χ0v) is 17.6. The minimum atomic E-state index is -1.08. The van der Waals surface area contributed by atoms with E-state index in [4.69, 9.17) is 24.4 Å². The van der Waals surface area contributed by atoms with Gasteiger partial charge in [-0.15, -0.1) is 0 Å². The summed E-state index contributed by atoms with van der Waals surface area (Å²) in [6, 6.07) is 0. The Balaban J connectivity index is -0.0000000552. The Kier molecular flexibility index (Phi) is 98.1. The summed E-state index contributed by atoms with van der Waals surface area (Å²) in [5.41, 5.74) is -1.08. The third-order valence-corrected chi connectivity index (χ3v) is 4.58. The highest BCUT2D eigenvalue weighted by atomic mass is 16.5. The summed E-state index contributed by atoms with van der Waals surface area (Å²) < 4.78 is 15.4. The van der Waals surface area contributed by atoms with E-state index in [2.05, 4.69) is 0 Å². The van der Waals surface area contributed by atoms with Crippen LogP contribution in [0.15, 0.2) is 0 Å². The molecule has 40 heavy (non-hydrogen) atoms. The quantitative estimate of drug-likeness (QED) is 0.109. The molecular formula is C32H84O8. The second kappa shape index (κ2) is 47.1. The van der Waals surface area contributed by atoms with Gasteiger partial charge in [0.15, 0.2) is 0 Å². The van der Waals surface area contributed by atoms with Crippen molar-refractivity contribution < 1.29 is 38.8 Å². The smallest absolute Gasteiger partial charge is 0.311 e. The Bertz CT molecular complexity index is 484. The number of rotatable bonds is 15. The van der Waals surface area contributed by atoms with E-state index in [-0.39, 0.29) is 135 Å². The van der Waals surface area contributed by atoms with Crippen molar-refractivity contribution in [1.82, 2.24) is 0 Å². The predicted molar refractivity (Wildman–Crippen MR) is 183 cm³/mol. The second-order valence-electron chi connectivity index (χ2n) is 7.25. The van der Waals surface area contributed by atoms with Crippen molar-refractivity contribution in [2.45, 2.75) is 149 Å². The van der Waals surface area contributed by atoms with E-state index >= 15 is 0 Å². The van der Waals surface area contributed by atoms with Crippen molar-refractivity contribution in [3.05, 3.63) is 0 Å². The minimum absolute atomic E-state index is 0. The second-order valence-corrected chi connectivity index (χ2v) is 7.25. The van der Waals surface area contributed by atoms with E-state index < -0.39 is 35.2 Å². The Labute approximate surface area is 256 Å². The third-order valence-electron chi connectivity index (χ3n) is 4.58. The Morgan fingerprint density at radius 1 is 0.650 bits per heavy atom. The van der Waals surface area contributed by atoms with Crippen molar-refractivity contribution in [2.24, 2.45) is 17.3 Å². The molecule has 0 aromatic rings. The van der Waals surface area contributed by atoms with Gasteiger partial charge in [-0.3, -0.25) is 14.4 Å². The number of esters is 3. The number of carbonyl (C=O) groups excluding carboxylic acids is 3. The van der Waals surface area contributed by atoms with Gasteiger partial charge in [0.2, 0.25) is 0 Å². The maximum absolute atomic E-state index is 12.8. The van der Waals surface area contributed by atoms with Gasteiger partial charge in [-0.25, -0.2) is 0 Å². The molecule has 0 amide bonds. The highest BCUT2D eigenvalue weighted by Crippen LogP contribution is 2.37. The average Bonchev–Trinajstić information content (AvgIpc) is 2.68. The number of hydrogen-bond acceptors (Lipinski definition) is 8. The molecule has 8 heteroatoms. The molecule has 0 aliphatic carbocycles. The zero-order valence-electron chi connectivity index (χ0n) is 17.6. The topological polar surface area (TPSA) is 119 Å². The summed E-state index contributed by atoms with van der Waals surface area (Å²) in [6.07, 6.45) is 2.36. The van der Waals surface area contributed by atoms with Gasteiger partial charge in [-0.1, -0.05) is 116 Å². The molecule has 0 fully saturated rings. The normalized spacial score (nSPS) is 10.7. The predicted octanol–water partition coefficient (Wildman–Crippen LogP) is 9.48. The molecule has 0 aromatic heterocycles. The summed E-state index contributed by atoms with van der Waals surface area (Å²) in [4.78, 5) is 37.1. The van der Waals surface area contributed by atoms with Crippen LogP contribution in [0.4, 0.5) is 0 Å². The first-order valence-electron chi connectivity index (χ1n) is 9.97. The van der Waals surface area contributed by atoms with Crippen molar-refractivity contribution >= 4 is 17.9 Å². The summed E-state index contributed by atoms with van der Waals surface area (Å²) in [6.45, 7) is 6.64. The summed E-state index contributed by atoms with van der Waals surface area (Å²) in [5.74, 6) is -2.63. The van der Waals surface area contributed by atoms with Gasteiger partial charge in [0.05, 0.1) is 37.1 Å². The third kappa shape index (κ3) is 32.5. The number of unbranched alkanes of at least 4 members (excludes halogenated alkanes) is 1. The fourth-order valence-electron chi connectivity index (χ4n) is 2.98. The van der Waals surface area contributed by atoms with Crippen LogP contribution in [0.3, 0.4) is 0 Å². The first-order valence-corrected chi connectivity index (χ1v) is 9.97. The fourth-order valence-corrected chi connectivity index (χ4v) is 2.98. The van der Waals surface area contributed by atoms with Crippen LogP contribution in [0, 0.1) is 17.3 Å². The molecule has 0 radical (unpaired) electrons. The number of hydrogen-bond donors (Lipinski definition) is 2. The van der Waals surface area contributed by atoms with Crippen LogP contribution >= 0.6 is 0 Å². The SMILES string of the molecule is C.C.C.C.C.C.C.C.C.C.C.C.CCCCOC(=O)C(C)(CC(C)C(=O)OCCO)CC(CC)C(=O)OCCO. The first kappa shape index (κ1) is 83.3. The van der Waals surface area contributed by atoms with Crippen LogP contribution in [0.2, 0.25) is 0 Å². The van der Waals surface area contributed by atoms with Crippen LogP contribution < -0.4 is 0 Å². The lowest BCUT2D eigenvalue weighted by atomic mass is 9.74. The molecule has 2 N–H and O–H groups in total. The van der Waals surface area contributed by atoms with Crippen LogP contribution in [0.1, 0.15) is 149 Å². The van der Waals surface area contributed by atoms with Gasteiger partial charge in [-0.05, 0) is 32.6 Å². The van der Waals surface area contributed by atoms with Crippen molar-refractivity contribution in [3.8, 4) is 0 Å². The van der Waals surface area contributed by atoms with E-state index in [1.807, 2.05) is 13.8 Å². The highest BCUT2D eigenvalue weighted by molar-refractivity contribution is 5.80. The fraction of sp³-hybridized carbons (Fsp3) is 0.906. The van der Waals surface area contributed by atoms with E-state index in [1.165, 1.54) is 0 Å². The van der Waals surface area contributed by atoms with Gasteiger partial charge in [0.25, 0.3) is 0 Å². The van der Waals surface area contributed by atoms with Gasteiger partial charge >= 0.3 is 17.9 Å². The van der Waals surface area contributed by atoms with Crippen molar-refractivity contribution in [1.29, 1.82) is 0 Å². The largest absolute Gasteiger partial charge is 0.465 e. The number of aliphatic hydroxyl groups is 2. The molecule has 0 heterocycles. The molecule has 3 atom stereocenters. The summed E-state index contributed by atoms with van der Waals surface area (Å²) in [5, 5.41) is 17.6.